The monoisotopic (exact) mass is 360 g/mol. The van der Waals surface area contributed by atoms with Gasteiger partial charge in [0.15, 0.2) is 0 Å². The number of phenolic OH excluding ortho intramolecular Hbond substituents is 2. The Morgan fingerprint density at radius 2 is 1.27 bits per heavy atom. The first kappa shape index (κ1) is 19.2. The van der Waals surface area contributed by atoms with Gasteiger partial charge in [-0.25, -0.2) is 0 Å². The number of aromatic hydroxyl groups is 2. The Balaban J connectivity index is 2.61. The average molecular weight is 360 g/mol. The van der Waals surface area contributed by atoms with Crippen LogP contribution in [0.2, 0.25) is 0 Å². The Morgan fingerprint density at radius 1 is 0.808 bits per heavy atom. The second kappa shape index (κ2) is 8.32. The van der Waals surface area contributed by atoms with Crippen LogP contribution in [0.3, 0.4) is 0 Å². The van der Waals surface area contributed by atoms with E-state index < -0.39 is 24.0 Å². The smallest absolute Gasteiger partial charge is 0.317 e. The molecule has 0 fully saturated rings. The summed E-state index contributed by atoms with van der Waals surface area (Å²) in [5.41, 5.74) is -0.758. The number of carbonyl (C=O) groups is 2. The molecular weight excluding hydrogens is 340 g/mol. The van der Waals surface area contributed by atoms with Crippen molar-refractivity contribution < 1.29 is 30.0 Å². The number of phenols is 2. The third kappa shape index (κ3) is 4.29. The Labute approximate surface area is 149 Å². The van der Waals surface area contributed by atoms with Crippen LogP contribution in [-0.4, -0.2) is 52.0 Å². The maximum atomic E-state index is 11.2. The molecule has 2 rings (SSSR count). The molecule has 0 aliphatic carbocycles. The predicted octanol–water partition coefficient (Wildman–Crippen LogP) is 0.690. The summed E-state index contributed by atoms with van der Waals surface area (Å²) >= 11 is 0. The van der Waals surface area contributed by atoms with Crippen LogP contribution in [0.1, 0.15) is 11.1 Å². The van der Waals surface area contributed by atoms with Crippen molar-refractivity contribution in [2.24, 2.45) is 0 Å². The minimum absolute atomic E-state index is 0.0816. The Bertz CT molecular complexity index is 747. The summed E-state index contributed by atoms with van der Waals surface area (Å²) < 4.78 is 0. The molecule has 138 valence electrons. The van der Waals surface area contributed by atoms with Gasteiger partial charge < -0.3 is 25.7 Å². The third-order valence-corrected chi connectivity index (χ3v) is 3.94. The summed E-state index contributed by atoms with van der Waals surface area (Å²) in [6, 6.07) is 12.6. The molecule has 0 bridgehead atoms. The van der Waals surface area contributed by atoms with Gasteiger partial charge in [0, 0.05) is 17.7 Å². The van der Waals surface area contributed by atoms with E-state index in [4.69, 9.17) is 10.2 Å². The van der Waals surface area contributed by atoms with Crippen molar-refractivity contribution in [2.45, 2.75) is 5.54 Å². The molecule has 0 heterocycles. The van der Waals surface area contributed by atoms with E-state index in [1.165, 1.54) is 12.1 Å². The molecule has 0 amide bonds. The van der Waals surface area contributed by atoms with Crippen LogP contribution in [0.4, 0.5) is 0 Å². The van der Waals surface area contributed by atoms with Gasteiger partial charge in [-0.3, -0.25) is 14.9 Å². The van der Waals surface area contributed by atoms with Gasteiger partial charge in [-0.1, -0.05) is 36.4 Å². The quantitative estimate of drug-likeness (QED) is 0.384. The fourth-order valence-electron chi connectivity index (χ4n) is 2.84. The highest BCUT2D eigenvalue weighted by atomic mass is 16.4. The lowest BCUT2D eigenvalue weighted by molar-refractivity contribution is -0.137. The van der Waals surface area contributed by atoms with Crippen molar-refractivity contribution >= 4 is 11.9 Å². The van der Waals surface area contributed by atoms with Gasteiger partial charge in [0.25, 0.3) is 0 Å². The topological polar surface area (TPSA) is 139 Å². The lowest BCUT2D eigenvalue weighted by Gasteiger charge is -2.36. The number of benzene rings is 2. The largest absolute Gasteiger partial charge is 0.508 e. The highest BCUT2D eigenvalue weighted by molar-refractivity contribution is 5.70. The fourth-order valence-corrected chi connectivity index (χ4v) is 2.84. The summed E-state index contributed by atoms with van der Waals surface area (Å²) in [6.07, 6.45) is 0. The number of rotatable bonds is 9. The van der Waals surface area contributed by atoms with Crippen LogP contribution in [-0.2, 0) is 15.1 Å². The average Bonchev–Trinajstić information content (AvgIpc) is 2.59. The summed E-state index contributed by atoms with van der Waals surface area (Å²) in [5, 5.41) is 44.3. The normalized spacial score (nSPS) is 11.2. The lowest BCUT2D eigenvalue weighted by Crippen LogP contribution is -2.53. The Kier molecular flexibility index (Phi) is 6.16. The fraction of sp³-hybridized carbons (Fsp3) is 0.222. The first-order chi connectivity index (χ1) is 12.4. The molecule has 0 aliphatic heterocycles. The van der Waals surface area contributed by atoms with E-state index >= 15 is 0 Å². The van der Waals surface area contributed by atoms with Crippen LogP contribution >= 0.6 is 0 Å². The minimum atomic E-state index is -1.37. The van der Waals surface area contributed by atoms with Gasteiger partial charge >= 0.3 is 11.9 Å². The van der Waals surface area contributed by atoms with Gasteiger partial charge in [-0.05, 0) is 12.1 Å². The first-order valence-electron chi connectivity index (χ1n) is 7.83. The minimum Gasteiger partial charge on any atom is -0.508 e. The van der Waals surface area contributed by atoms with Crippen LogP contribution in [0.5, 0.6) is 11.5 Å². The molecular formula is C18H20N2O6. The highest BCUT2D eigenvalue weighted by Gasteiger charge is 2.38. The molecule has 2 aromatic carbocycles. The zero-order valence-corrected chi connectivity index (χ0v) is 13.8. The van der Waals surface area contributed by atoms with E-state index in [0.717, 1.165) is 0 Å². The van der Waals surface area contributed by atoms with Gasteiger partial charge in [0.05, 0.1) is 18.6 Å². The zero-order valence-electron chi connectivity index (χ0n) is 13.8. The van der Waals surface area contributed by atoms with Crippen molar-refractivity contribution in [1.82, 2.24) is 10.6 Å². The summed E-state index contributed by atoms with van der Waals surface area (Å²) in [6.45, 7) is -0.934. The maximum absolute atomic E-state index is 11.2. The third-order valence-electron chi connectivity index (χ3n) is 3.94. The van der Waals surface area contributed by atoms with E-state index in [-0.39, 0.29) is 24.6 Å². The van der Waals surface area contributed by atoms with E-state index in [0.29, 0.717) is 11.1 Å². The van der Waals surface area contributed by atoms with Crippen molar-refractivity contribution in [1.29, 1.82) is 0 Å². The summed E-state index contributed by atoms with van der Waals surface area (Å²) in [4.78, 5) is 22.0. The number of hydrogen-bond donors (Lipinski definition) is 6. The summed E-state index contributed by atoms with van der Waals surface area (Å²) in [7, 11) is 0. The van der Waals surface area contributed by atoms with E-state index in [1.54, 1.807) is 36.4 Å². The molecule has 0 unspecified atom stereocenters. The van der Waals surface area contributed by atoms with Crippen molar-refractivity contribution in [3.8, 4) is 11.5 Å². The van der Waals surface area contributed by atoms with Crippen LogP contribution < -0.4 is 10.6 Å². The standard InChI is InChI=1S/C18H20N2O6/c21-14-7-3-1-5-12(14)18(20-10-17(25)26,11-19-9-16(23)24)13-6-2-4-8-15(13)22/h1-8,19-22H,9-11H2,(H,23,24)(H,25,26). The molecule has 0 atom stereocenters. The maximum Gasteiger partial charge on any atom is 0.317 e. The van der Waals surface area contributed by atoms with E-state index in [1.807, 2.05) is 0 Å². The molecule has 0 radical (unpaired) electrons. The molecule has 8 nitrogen and oxygen atoms in total. The van der Waals surface area contributed by atoms with Gasteiger partial charge in [0.2, 0.25) is 0 Å². The molecule has 0 aromatic heterocycles. The Morgan fingerprint density at radius 3 is 1.69 bits per heavy atom. The summed E-state index contributed by atoms with van der Waals surface area (Å²) in [5.74, 6) is -2.47. The van der Waals surface area contributed by atoms with Gasteiger partial charge in [-0.15, -0.1) is 0 Å². The molecule has 26 heavy (non-hydrogen) atoms. The van der Waals surface area contributed by atoms with Crippen LogP contribution in [0.25, 0.3) is 0 Å². The molecule has 0 spiro atoms. The molecule has 0 aliphatic rings. The Hall–Kier alpha value is -3.10. The second-order valence-corrected chi connectivity index (χ2v) is 5.68. The molecule has 0 saturated heterocycles. The molecule has 8 heteroatoms. The van der Waals surface area contributed by atoms with E-state index in [9.17, 15) is 19.8 Å². The molecule has 0 saturated carbocycles. The number of para-hydroxylation sites is 2. The van der Waals surface area contributed by atoms with Crippen LogP contribution in [0.15, 0.2) is 48.5 Å². The number of nitrogens with one attached hydrogen (secondary N) is 2. The van der Waals surface area contributed by atoms with Crippen molar-refractivity contribution in [3.63, 3.8) is 0 Å². The van der Waals surface area contributed by atoms with Crippen molar-refractivity contribution in [3.05, 3.63) is 59.7 Å². The predicted molar refractivity (Wildman–Crippen MR) is 93.1 cm³/mol. The SMILES string of the molecule is O=C(O)CNCC(NCC(=O)O)(c1ccccc1O)c1ccccc1O. The van der Waals surface area contributed by atoms with Gasteiger partial charge in [0.1, 0.15) is 11.5 Å². The molecule has 2 aromatic rings. The number of carboxylic acid groups (broad SMARTS) is 2. The lowest BCUT2D eigenvalue weighted by atomic mass is 9.81. The van der Waals surface area contributed by atoms with E-state index in [2.05, 4.69) is 10.6 Å². The first-order valence-corrected chi connectivity index (χ1v) is 7.83. The van der Waals surface area contributed by atoms with Crippen LogP contribution in [0, 0.1) is 0 Å². The zero-order chi connectivity index (χ0) is 19.2. The van der Waals surface area contributed by atoms with Crippen molar-refractivity contribution in [2.75, 3.05) is 19.6 Å². The molecule has 6 N–H and O–H groups in total. The highest BCUT2D eigenvalue weighted by Crippen LogP contribution is 2.38. The second-order valence-electron chi connectivity index (χ2n) is 5.68. The van der Waals surface area contributed by atoms with Gasteiger partial charge in [-0.2, -0.15) is 0 Å². The number of carboxylic acids is 2. The number of hydrogen-bond acceptors (Lipinski definition) is 6. The number of aliphatic carboxylic acids is 2.